The molecule has 1 amide bonds. The molecule has 0 bridgehead atoms. The van der Waals surface area contributed by atoms with E-state index in [9.17, 15) is 19.2 Å². The van der Waals surface area contributed by atoms with Crippen molar-refractivity contribution in [3.63, 3.8) is 0 Å². The van der Waals surface area contributed by atoms with Crippen molar-refractivity contribution >= 4 is 28.7 Å². The van der Waals surface area contributed by atoms with E-state index < -0.39 is 29.3 Å². The van der Waals surface area contributed by atoms with Crippen LogP contribution < -0.4 is 10.9 Å². The van der Waals surface area contributed by atoms with Crippen LogP contribution in [0.4, 0.5) is 4.79 Å². The molecule has 1 unspecified atom stereocenters. The zero-order valence-electron chi connectivity index (χ0n) is 27.1. The van der Waals surface area contributed by atoms with Crippen molar-refractivity contribution < 1.29 is 23.9 Å². The maximum absolute atomic E-state index is 14.1. The van der Waals surface area contributed by atoms with Gasteiger partial charge in [0.1, 0.15) is 11.6 Å². The van der Waals surface area contributed by atoms with E-state index in [1.54, 1.807) is 32.3 Å². The average Bonchev–Trinajstić information content (AvgIpc) is 3.30. The minimum absolute atomic E-state index is 0.0382. The van der Waals surface area contributed by atoms with E-state index in [1.165, 1.54) is 0 Å². The fourth-order valence-electron chi connectivity index (χ4n) is 6.61. The molecule has 1 aliphatic heterocycles. The summed E-state index contributed by atoms with van der Waals surface area (Å²) in [7, 11) is 0. The normalized spacial score (nSPS) is 18.1. The number of benzene rings is 1. The molecule has 234 valence electrons. The highest BCUT2D eigenvalue weighted by molar-refractivity contribution is 5.95. The predicted molar refractivity (Wildman–Crippen MR) is 169 cm³/mol. The number of hydrogen-bond donors (Lipinski definition) is 1. The Balaban J connectivity index is 1.60. The van der Waals surface area contributed by atoms with Gasteiger partial charge in [0.05, 0.1) is 23.4 Å². The number of nitrogens with zero attached hydrogens (tertiary/aromatic N) is 2. The Bertz CT molecular complexity index is 1730. The highest BCUT2D eigenvalue weighted by atomic mass is 16.6. The van der Waals surface area contributed by atoms with Crippen LogP contribution in [0.25, 0.3) is 22.3 Å². The van der Waals surface area contributed by atoms with Crippen molar-refractivity contribution in [2.75, 3.05) is 0 Å². The first-order chi connectivity index (χ1) is 20.7. The van der Waals surface area contributed by atoms with Gasteiger partial charge >= 0.3 is 12.1 Å². The van der Waals surface area contributed by atoms with Gasteiger partial charge in [-0.2, -0.15) is 0 Å². The highest BCUT2D eigenvalue weighted by Crippen LogP contribution is 2.43. The number of carbonyl (C=O) groups is 3. The first-order valence-electron chi connectivity index (χ1n) is 15.6. The second kappa shape index (κ2) is 11.5. The van der Waals surface area contributed by atoms with Gasteiger partial charge in [-0.05, 0) is 83.1 Å². The Kier molecular flexibility index (Phi) is 8.20. The lowest BCUT2D eigenvalue weighted by atomic mass is 9.76. The number of pyridine rings is 2. The molecule has 3 aromatic rings. The number of aryl methyl sites for hydroxylation is 2. The fraction of sp³-hybridized carbons (Fsp3) is 0.514. The predicted octanol–water partition coefficient (Wildman–Crippen LogP) is 5.90. The number of ketones is 1. The van der Waals surface area contributed by atoms with Gasteiger partial charge in [0.15, 0.2) is 11.4 Å². The summed E-state index contributed by atoms with van der Waals surface area (Å²) < 4.78 is 13.3. The molecule has 0 radical (unpaired) electrons. The summed E-state index contributed by atoms with van der Waals surface area (Å²) in [6.07, 6.45) is 0.815. The molecule has 1 aliphatic carbocycles. The van der Waals surface area contributed by atoms with E-state index in [-0.39, 0.29) is 42.9 Å². The van der Waals surface area contributed by atoms with Crippen LogP contribution in [-0.4, -0.2) is 39.0 Å². The maximum atomic E-state index is 14.1. The van der Waals surface area contributed by atoms with Crippen LogP contribution in [0.5, 0.6) is 0 Å². The van der Waals surface area contributed by atoms with Crippen LogP contribution in [0, 0.1) is 12.8 Å². The number of Topliss-reactive ketones (excluding diaryl/α,β-unsaturated/α-hetero) is 1. The first kappa shape index (κ1) is 31.4. The molecule has 0 saturated carbocycles. The summed E-state index contributed by atoms with van der Waals surface area (Å²) in [4.78, 5) is 59.3. The third-order valence-electron chi connectivity index (χ3n) is 8.62. The molecule has 1 N–H and O–H groups in total. The largest absolute Gasteiger partial charge is 0.445 e. The standard InChI is InChI=1S/C35H43N3O6/c1-9-21-23-16-20(5)11-13-26(23)36-30-24(21)18-38-28(30)17-25-22(31(38)40)12-14-29(39)35(25,10-2)43-32(41)27(15-19(3)4)37-33(42)44-34(6,7)8/h11,13,16-17,19,27H,9-10,12,14-15,18H2,1-8H3,(H,37,42)/t27?,35-/m0/s1. The number of nitrogens with one attached hydrogen (secondary N) is 1. The molecular formula is C35H43N3O6. The first-order valence-corrected chi connectivity index (χ1v) is 15.6. The van der Waals surface area contributed by atoms with Gasteiger partial charge < -0.3 is 19.4 Å². The highest BCUT2D eigenvalue weighted by Gasteiger charge is 2.49. The number of carbonyl (C=O) groups excluding carboxylic acids is 3. The summed E-state index contributed by atoms with van der Waals surface area (Å²) in [5.74, 6) is -0.960. The zero-order valence-corrected chi connectivity index (χ0v) is 27.1. The fourth-order valence-corrected chi connectivity index (χ4v) is 6.61. The molecule has 2 atom stereocenters. The smallest absolute Gasteiger partial charge is 0.408 e. The lowest BCUT2D eigenvalue weighted by Crippen LogP contribution is -2.51. The Hall–Kier alpha value is -4.01. The van der Waals surface area contributed by atoms with E-state index in [0.717, 1.165) is 39.7 Å². The SMILES string of the molecule is CCc1c2c(nc3ccc(C)cc13)-c1cc3c(c(=O)n1C2)CCC(=O)[C@@]3(CC)OC(=O)C(CC(C)C)NC(=O)OC(C)(C)C. The lowest BCUT2D eigenvalue weighted by molar-refractivity contribution is -0.173. The van der Waals surface area contributed by atoms with Crippen molar-refractivity contribution in [2.24, 2.45) is 5.92 Å². The van der Waals surface area contributed by atoms with Crippen LogP contribution >= 0.6 is 0 Å². The Morgan fingerprint density at radius 2 is 1.82 bits per heavy atom. The molecule has 2 aliphatic rings. The van der Waals surface area contributed by atoms with Gasteiger partial charge in [0.25, 0.3) is 5.56 Å². The van der Waals surface area contributed by atoms with Gasteiger partial charge in [-0.15, -0.1) is 0 Å². The third-order valence-corrected chi connectivity index (χ3v) is 8.62. The Morgan fingerprint density at radius 1 is 1.09 bits per heavy atom. The number of esters is 1. The van der Waals surface area contributed by atoms with Crippen molar-refractivity contribution in [3.8, 4) is 11.4 Å². The van der Waals surface area contributed by atoms with E-state index in [1.807, 2.05) is 32.0 Å². The third kappa shape index (κ3) is 5.53. The molecule has 9 heteroatoms. The average molecular weight is 602 g/mol. The van der Waals surface area contributed by atoms with Gasteiger partial charge in [-0.1, -0.05) is 39.3 Å². The molecule has 0 fully saturated rings. The number of hydrogen-bond acceptors (Lipinski definition) is 7. The van der Waals surface area contributed by atoms with Crippen LogP contribution in [0.15, 0.2) is 29.1 Å². The van der Waals surface area contributed by atoms with Crippen LogP contribution in [0.1, 0.15) is 95.5 Å². The lowest BCUT2D eigenvalue weighted by Gasteiger charge is -2.37. The van der Waals surface area contributed by atoms with E-state index in [2.05, 4.69) is 25.2 Å². The summed E-state index contributed by atoms with van der Waals surface area (Å²) in [6, 6.07) is 6.96. The van der Waals surface area contributed by atoms with Crippen molar-refractivity contribution in [1.82, 2.24) is 14.9 Å². The number of rotatable bonds is 7. The summed E-state index contributed by atoms with van der Waals surface area (Å²) in [5, 5.41) is 3.73. The maximum Gasteiger partial charge on any atom is 0.408 e. The van der Waals surface area contributed by atoms with Crippen LogP contribution in [0.2, 0.25) is 0 Å². The number of amides is 1. The molecule has 3 heterocycles. The number of alkyl carbamates (subject to hydrolysis) is 1. The minimum Gasteiger partial charge on any atom is -0.445 e. The topological polar surface area (TPSA) is 117 Å². The second-order valence-corrected chi connectivity index (χ2v) is 13.5. The zero-order chi connectivity index (χ0) is 32.1. The van der Waals surface area contributed by atoms with Gasteiger partial charge in [0, 0.05) is 28.5 Å². The van der Waals surface area contributed by atoms with E-state index in [4.69, 9.17) is 14.5 Å². The second-order valence-electron chi connectivity index (χ2n) is 13.5. The summed E-state index contributed by atoms with van der Waals surface area (Å²) in [6.45, 7) is 15.4. The molecule has 2 aromatic heterocycles. The molecule has 44 heavy (non-hydrogen) atoms. The number of aromatic nitrogens is 2. The Labute approximate surface area is 258 Å². The molecule has 5 rings (SSSR count). The van der Waals surface area contributed by atoms with Crippen molar-refractivity contribution in [1.29, 1.82) is 0 Å². The van der Waals surface area contributed by atoms with Crippen molar-refractivity contribution in [3.05, 3.63) is 62.4 Å². The molecule has 9 nitrogen and oxygen atoms in total. The van der Waals surface area contributed by atoms with Gasteiger partial charge in [0.2, 0.25) is 0 Å². The molecule has 1 aromatic carbocycles. The minimum atomic E-state index is -1.66. The Morgan fingerprint density at radius 3 is 2.45 bits per heavy atom. The van der Waals surface area contributed by atoms with E-state index in [0.29, 0.717) is 23.4 Å². The monoisotopic (exact) mass is 601 g/mol. The van der Waals surface area contributed by atoms with E-state index >= 15 is 0 Å². The van der Waals surface area contributed by atoms with Crippen LogP contribution in [0.3, 0.4) is 0 Å². The van der Waals surface area contributed by atoms with Gasteiger partial charge in [-0.3, -0.25) is 9.59 Å². The van der Waals surface area contributed by atoms with Crippen LogP contribution in [-0.2, 0) is 44.1 Å². The molecule has 0 spiro atoms. The van der Waals surface area contributed by atoms with Crippen molar-refractivity contribution in [2.45, 2.75) is 111 Å². The number of fused-ring (bicyclic) bond motifs is 5. The summed E-state index contributed by atoms with van der Waals surface area (Å²) in [5.41, 5.74) is 3.78. The number of ether oxygens (including phenoxy) is 2. The quantitative estimate of drug-likeness (QED) is 0.262. The molecule has 0 saturated heterocycles. The molecular weight excluding hydrogens is 558 g/mol. The van der Waals surface area contributed by atoms with Gasteiger partial charge in [-0.25, -0.2) is 14.6 Å². The summed E-state index contributed by atoms with van der Waals surface area (Å²) >= 11 is 0.